The molecule has 96 valence electrons. The third-order valence-electron chi connectivity index (χ3n) is 2.49. The van der Waals surface area contributed by atoms with Gasteiger partial charge in [-0.3, -0.25) is 0 Å². The molecule has 8 heteroatoms. The molecule has 1 unspecified atom stereocenters. The summed E-state index contributed by atoms with van der Waals surface area (Å²) in [5.74, 6) is 0.877. The summed E-state index contributed by atoms with van der Waals surface area (Å²) in [7, 11) is 0. The number of aromatic nitrogens is 3. The first-order valence-corrected chi connectivity index (χ1v) is 6.42. The number of nitrogens with zero attached hydrogens (tertiary/aromatic N) is 3. The number of hydrogen-bond donors (Lipinski definition) is 1. The fraction of sp³-hybridized carbons (Fsp3) is 0.500. The van der Waals surface area contributed by atoms with E-state index in [0.717, 1.165) is 5.01 Å². The molecule has 1 atom stereocenters. The molecule has 1 aliphatic rings. The van der Waals surface area contributed by atoms with Crippen molar-refractivity contribution in [1.29, 1.82) is 0 Å². The van der Waals surface area contributed by atoms with Crippen molar-refractivity contribution in [2.75, 3.05) is 19.8 Å². The number of hydrogen-bond acceptors (Lipinski definition) is 8. The lowest BCUT2D eigenvalue weighted by molar-refractivity contribution is -0.0941. The van der Waals surface area contributed by atoms with Gasteiger partial charge in [-0.2, -0.15) is 4.98 Å². The maximum absolute atomic E-state index is 5.51. The molecule has 0 spiro atoms. The molecule has 2 N–H and O–H groups in total. The lowest BCUT2D eigenvalue weighted by atomic mass is 10.3. The smallest absolute Gasteiger partial charge is 0.277 e. The lowest BCUT2D eigenvalue weighted by Gasteiger charge is -2.19. The van der Waals surface area contributed by atoms with Crippen molar-refractivity contribution < 1.29 is 14.0 Å². The molecule has 3 rings (SSSR count). The van der Waals surface area contributed by atoms with Crippen molar-refractivity contribution in [2.45, 2.75) is 12.6 Å². The van der Waals surface area contributed by atoms with Crippen LogP contribution in [0.3, 0.4) is 0 Å². The Balaban J connectivity index is 1.79. The molecule has 0 aliphatic carbocycles. The van der Waals surface area contributed by atoms with Gasteiger partial charge in [-0.05, 0) is 0 Å². The number of thiazole rings is 1. The summed E-state index contributed by atoms with van der Waals surface area (Å²) in [4.78, 5) is 8.56. The van der Waals surface area contributed by atoms with Crippen LogP contribution in [0.4, 0.5) is 0 Å². The molecule has 2 aromatic rings. The van der Waals surface area contributed by atoms with Crippen molar-refractivity contribution in [3.63, 3.8) is 0 Å². The molecule has 1 fully saturated rings. The molecule has 3 heterocycles. The normalized spacial score (nSPS) is 20.2. The molecular weight excluding hydrogens is 256 g/mol. The minimum atomic E-state index is -0.260. The van der Waals surface area contributed by atoms with Crippen molar-refractivity contribution in [2.24, 2.45) is 5.73 Å². The van der Waals surface area contributed by atoms with Crippen LogP contribution in [0.5, 0.6) is 0 Å². The second-order valence-corrected chi connectivity index (χ2v) is 4.67. The Morgan fingerprint density at radius 3 is 3.06 bits per heavy atom. The highest BCUT2D eigenvalue weighted by molar-refractivity contribution is 7.09. The molecule has 1 aliphatic heterocycles. The van der Waals surface area contributed by atoms with E-state index in [1.54, 1.807) is 0 Å². The highest BCUT2D eigenvalue weighted by Crippen LogP contribution is 2.23. The second-order valence-electron chi connectivity index (χ2n) is 3.72. The molecule has 0 saturated carbocycles. The lowest BCUT2D eigenvalue weighted by Crippen LogP contribution is -2.22. The van der Waals surface area contributed by atoms with E-state index in [2.05, 4.69) is 15.1 Å². The highest BCUT2D eigenvalue weighted by Gasteiger charge is 2.23. The molecular formula is C10H12N4O3S. The van der Waals surface area contributed by atoms with E-state index in [0.29, 0.717) is 43.8 Å². The van der Waals surface area contributed by atoms with Gasteiger partial charge in [-0.1, -0.05) is 5.16 Å². The van der Waals surface area contributed by atoms with Crippen LogP contribution >= 0.6 is 11.3 Å². The number of nitrogens with two attached hydrogens (primary N) is 1. The van der Waals surface area contributed by atoms with Gasteiger partial charge in [-0.25, -0.2) is 4.98 Å². The summed E-state index contributed by atoms with van der Waals surface area (Å²) < 4.78 is 16.0. The highest BCUT2D eigenvalue weighted by atomic mass is 32.1. The van der Waals surface area contributed by atoms with Crippen molar-refractivity contribution in [3.05, 3.63) is 16.2 Å². The van der Waals surface area contributed by atoms with Crippen LogP contribution in [0.15, 0.2) is 9.90 Å². The molecule has 1 saturated heterocycles. The molecule has 0 aromatic carbocycles. The molecule has 0 bridgehead atoms. The third-order valence-corrected chi connectivity index (χ3v) is 3.36. The summed E-state index contributed by atoms with van der Waals surface area (Å²) in [5.41, 5.74) is 6.16. The Morgan fingerprint density at radius 2 is 2.33 bits per heavy atom. The van der Waals surface area contributed by atoms with Crippen LogP contribution in [0.1, 0.15) is 16.9 Å². The largest absolute Gasteiger partial charge is 0.376 e. The fourth-order valence-corrected chi connectivity index (χ4v) is 2.26. The van der Waals surface area contributed by atoms with Gasteiger partial charge in [0.2, 0.25) is 5.82 Å². The topological polar surface area (TPSA) is 96.3 Å². The Kier molecular flexibility index (Phi) is 3.33. The SMILES string of the molecule is NCc1nc(-c2nc(C3COCCO3)no2)cs1. The zero-order valence-electron chi connectivity index (χ0n) is 9.54. The average molecular weight is 268 g/mol. The van der Waals surface area contributed by atoms with Gasteiger partial charge in [0.15, 0.2) is 0 Å². The molecule has 2 aromatic heterocycles. The van der Waals surface area contributed by atoms with Gasteiger partial charge in [0.1, 0.15) is 16.8 Å². The van der Waals surface area contributed by atoms with E-state index < -0.39 is 0 Å². The molecule has 7 nitrogen and oxygen atoms in total. The standard InChI is InChI=1S/C10H12N4O3S/c11-3-8-12-6(5-18-8)10-13-9(14-17-10)7-4-15-1-2-16-7/h5,7H,1-4,11H2. The molecule has 0 amide bonds. The van der Waals surface area contributed by atoms with Crippen LogP contribution in [0.2, 0.25) is 0 Å². The van der Waals surface area contributed by atoms with E-state index in [1.165, 1.54) is 11.3 Å². The van der Waals surface area contributed by atoms with Gasteiger partial charge in [0.05, 0.1) is 19.8 Å². The maximum atomic E-state index is 5.51. The first kappa shape index (κ1) is 11.7. The zero-order valence-corrected chi connectivity index (χ0v) is 10.4. The summed E-state index contributed by atoms with van der Waals surface area (Å²) in [6.07, 6.45) is -0.260. The van der Waals surface area contributed by atoms with Gasteiger partial charge < -0.3 is 19.7 Å². The van der Waals surface area contributed by atoms with E-state index in [4.69, 9.17) is 19.7 Å². The van der Waals surface area contributed by atoms with Crippen LogP contribution < -0.4 is 5.73 Å². The Morgan fingerprint density at radius 1 is 1.39 bits per heavy atom. The zero-order chi connectivity index (χ0) is 12.4. The van der Waals surface area contributed by atoms with E-state index >= 15 is 0 Å². The van der Waals surface area contributed by atoms with Crippen LogP contribution in [0.25, 0.3) is 11.6 Å². The van der Waals surface area contributed by atoms with E-state index in [-0.39, 0.29) is 6.10 Å². The Bertz CT molecular complexity index is 521. The first-order valence-electron chi connectivity index (χ1n) is 5.54. The van der Waals surface area contributed by atoms with Crippen LogP contribution in [-0.2, 0) is 16.0 Å². The third kappa shape index (κ3) is 2.27. The van der Waals surface area contributed by atoms with Crippen LogP contribution in [0, 0.1) is 0 Å². The number of ether oxygens (including phenoxy) is 2. The van der Waals surface area contributed by atoms with Gasteiger partial charge in [0, 0.05) is 11.9 Å². The fourth-order valence-electron chi connectivity index (χ4n) is 1.61. The van der Waals surface area contributed by atoms with Gasteiger partial charge in [-0.15, -0.1) is 11.3 Å². The van der Waals surface area contributed by atoms with Crippen molar-refractivity contribution in [1.82, 2.24) is 15.1 Å². The Labute approximate surface area is 107 Å². The van der Waals surface area contributed by atoms with E-state index in [1.807, 2.05) is 5.38 Å². The monoisotopic (exact) mass is 268 g/mol. The second kappa shape index (κ2) is 5.11. The Hall–Kier alpha value is -1.35. The summed E-state index contributed by atoms with van der Waals surface area (Å²) in [5, 5.41) is 6.57. The van der Waals surface area contributed by atoms with Crippen molar-refractivity contribution >= 4 is 11.3 Å². The summed E-state index contributed by atoms with van der Waals surface area (Å²) in [6, 6.07) is 0. The summed E-state index contributed by atoms with van der Waals surface area (Å²) in [6.45, 7) is 2.01. The summed E-state index contributed by atoms with van der Waals surface area (Å²) >= 11 is 1.47. The predicted molar refractivity (Wildman–Crippen MR) is 62.8 cm³/mol. The van der Waals surface area contributed by atoms with Crippen LogP contribution in [-0.4, -0.2) is 34.9 Å². The quantitative estimate of drug-likeness (QED) is 0.876. The van der Waals surface area contributed by atoms with Crippen molar-refractivity contribution in [3.8, 4) is 11.6 Å². The number of rotatable bonds is 3. The molecule has 0 radical (unpaired) electrons. The minimum Gasteiger partial charge on any atom is -0.376 e. The van der Waals surface area contributed by atoms with Gasteiger partial charge in [0.25, 0.3) is 5.89 Å². The average Bonchev–Trinajstić information content (AvgIpc) is 3.08. The van der Waals surface area contributed by atoms with E-state index in [9.17, 15) is 0 Å². The van der Waals surface area contributed by atoms with Gasteiger partial charge >= 0.3 is 0 Å². The molecule has 18 heavy (non-hydrogen) atoms. The maximum Gasteiger partial charge on any atom is 0.277 e. The predicted octanol–water partition coefficient (Wildman–Crippen LogP) is 0.740. The first-order chi connectivity index (χ1) is 8.86. The minimum absolute atomic E-state index is 0.260.